The summed E-state index contributed by atoms with van der Waals surface area (Å²) in [6.07, 6.45) is 1.74. The molecule has 0 bridgehead atoms. The Balaban J connectivity index is 1.32. The van der Waals surface area contributed by atoms with Crippen LogP contribution in [0, 0.1) is 0 Å². The largest absolute Gasteiger partial charge is 0.349 e. The fraction of sp³-hybridized carbons (Fsp3) is 0.348. The highest BCUT2D eigenvalue weighted by Crippen LogP contribution is 2.18. The number of halogens is 1. The minimum absolute atomic E-state index is 0.00178. The lowest BCUT2D eigenvalue weighted by Crippen LogP contribution is -2.44. The molecule has 0 atom stereocenters. The number of nitrogens with zero attached hydrogens (tertiary/aromatic N) is 2. The van der Waals surface area contributed by atoms with Crippen molar-refractivity contribution in [3.63, 3.8) is 0 Å². The standard InChI is InChI=1S/C23H25ClN4O3/c24-18-7-5-16(6-8-18)14-27-11-9-19(10-12-27)26-22(30)20-4-2-1-3-17(20)15-28-21(29)13-25-23(28)31/h1-8,19H,9-15H2,(H,25,31)(H,26,30). The van der Waals surface area contributed by atoms with Gasteiger partial charge >= 0.3 is 6.03 Å². The maximum absolute atomic E-state index is 12.9. The number of benzene rings is 2. The molecule has 8 heteroatoms. The lowest BCUT2D eigenvalue weighted by molar-refractivity contribution is -0.125. The van der Waals surface area contributed by atoms with Gasteiger partial charge in [0.1, 0.15) is 0 Å². The number of nitrogens with one attached hydrogen (secondary N) is 2. The second-order valence-corrected chi connectivity index (χ2v) is 8.38. The van der Waals surface area contributed by atoms with E-state index >= 15 is 0 Å². The van der Waals surface area contributed by atoms with Gasteiger partial charge in [0.25, 0.3) is 5.91 Å². The molecule has 2 aromatic carbocycles. The highest BCUT2D eigenvalue weighted by atomic mass is 35.5. The summed E-state index contributed by atoms with van der Waals surface area (Å²) in [5.74, 6) is -0.452. The van der Waals surface area contributed by atoms with Crippen LogP contribution in [0.15, 0.2) is 48.5 Å². The second kappa shape index (κ2) is 9.49. The summed E-state index contributed by atoms with van der Waals surface area (Å²) in [6, 6.07) is 14.7. The van der Waals surface area contributed by atoms with Crippen molar-refractivity contribution < 1.29 is 14.4 Å². The van der Waals surface area contributed by atoms with E-state index in [2.05, 4.69) is 15.5 Å². The molecule has 162 valence electrons. The molecule has 0 saturated carbocycles. The number of piperidine rings is 1. The Kier molecular flexibility index (Phi) is 6.53. The number of hydrogen-bond acceptors (Lipinski definition) is 4. The number of rotatable bonds is 6. The number of likely N-dealkylation sites (tertiary alicyclic amines) is 1. The molecule has 0 radical (unpaired) electrons. The molecule has 2 N–H and O–H groups in total. The molecule has 7 nitrogen and oxygen atoms in total. The molecular weight excluding hydrogens is 416 g/mol. The molecule has 2 heterocycles. The van der Waals surface area contributed by atoms with Crippen molar-refractivity contribution in [2.75, 3.05) is 19.6 Å². The lowest BCUT2D eigenvalue weighted by Gasteiger charge is -2.32. The minimum atomic E-state index is -0.423. The van der Waals surface area contributed by atoms with Crippen LogP contribution in [0.2, 0.25) is 5.02 Å². The normalized spacial score (nSPS) is 17.6. The van der Waals surface area contributed by atoms with Crippen molar-refractivity contribution >= 4 is 29.4 Å². The van der Waals surface area contributed by atoms with Gasteiger partial charge in [-0.2, -0.15) is 0 Å². The first-order valence-corrected chi connectivity index (χ1v) is 10.8. The molecule has 0 aliphatic carbocycles. The topological polar surface area (TPSA) is 81.8 Å². The Hall–Kier alpha value is -2.90. The first-order valence-electron chi connectivity index (χ1n) is 10.4. The van der Waals surface area contributed by atoms with Gasteiger partial charge < -0.3 is 10.6 Å². The monoisotopic (exact) mass is 440 g/mol. The first kappa shape index (κ1) is 21.3. The molecule has 2 aliphatic heterocycles. The molecule has 4 amide bonds. The Bertz CT molecular complexity index is 955. The second-order valence-electron chi connectivity index (χ2n) is 7.95. The molecule has 0 unspecified atom stereocenters. The van der Waals surface area contributed by atoms with Crippen molar-refractivity contribution in [3.05, 3.63) is 70.2 Å². The molecule has 0 aromatic heterocycles. The van der Waals surface area contributed by atoms with Gasteiger partial charge in [0, 0.05) is 36.3 Å². The summed E-state index contributed by atoms with van der Waals surface area (Å²) in [5, 5.41) is 6.37. The number of imide groups is 1. The fourth-order valence-electron chi connectivity index (χ4n) is 4.01. The van der Waals surface area contributed by atoms with E-state index in [-0.39, 0.29) is 30.9 Å². The van der Waals surface area contributed by atoms with Gasteiger partial charge in [-0.15, -0.1) is 0 Å². The Morgan fingerprint density at radius 1 is 1.03 bits per heavy atom. The van der Waals surface area contributed by atoms with Crippen LogP contribution in [0.5, 0.6) is 0 Å². The van der Waals surface area contributed by atoms with Crippen LogP contribution >= 0.6 is 11.6 Å². The number of carbonyl (C=O) groups excluding carboxylic acids is 3. The van der Waals surface area contributed by atoms with Crippen LogP contribution in [0.1, 0.15) is 34.3 Å². The van der Waals surface area contributed by atoms with Crippen molar-refractivity contribution in [1.82, 2.24) is 20.4 Å². The third kappa shape index (κ3) is 5.24. The molecule has 0 spiro atoms. The van der Waals surface area contributed by atoms with Crippen LogP contribution < -0.4 is 10.6 Å². The zero-order valence-electron chi connectivity index (χ0n) is 17.1. The van der Waals surface area contributed by atoms with Crippen molar-refractivity contribution in [3.8, 4) is 0 Å². The quantitative estimate of drug-likeness (QED) is 0.677. The zero-order chi connectivity index (χ0) is 21.8. The number of amides is 4. The summed E-state index contributed by atoms with van der Waals surface area (Å²) in [5.41, 5.74) is 2.38. The highest BCUT2D eigenvalue weighted by molar-refractivity contribution is 6.30. The number of carbonyl (C=O) groups is 3. The molecule has 2 saturated heterocycles. The predicted octanol–water partition coefficient (Wildman–Crippen LogP) is 2.79. The third-order valence-corrected chi connectivity index (χ3v) is 6.02. The molecule has 4 rings (SSSR count). The summed E-state index contributed by atoms with van der Waals surface area (Å²) in [4.78, 5) is 40.2. The summed E-state index contributed by atoms with van der Waals surface area (Å²) in [6.45, 7) is 2.76. The molecule has 2 fully saturated rings. The molecule has 2 aliphatic rings. The molecule has 31 heavy (non-hydrogen) atoms. The zero-order valence-corrected chi connectivity index (χ0v) is 17.9. The minimum Gasteiger partial charge on any atom is -0.349 e. The van der Waals surface area contributed by atoms with Crippen LogP contribution in [0.25, 0.3) is 0 Å². The van der Waals surface area contributed by atoms with Gasteiger partial charge in [-0.1, -0.05) is 41.9 Å². The van der Waals surface area contributed by atoms with Crippen LogP contribution in [-0.2, 0) is 17.9 Å². The van der Waals surface area contributed by atoms with E-state index in [0.29, 0.717) is 11.1 Å². The van der Waals surface area contributed by atoms with Gasteiger partial charge in [-0.25, -0.2) is 4.79 Å². The Morgan fingerprint density at radius 3 is 2.42 bits per heavy atom. The predicted molar refractivity (Wildman–Crippen MR) is 118 cm³/mol. The van der Waals surface area contributed by atoms with Gasteiger partial charge in [-0.3, -0.25) is 19.4 Å². The molecular formula is C23H25ClN4O3. The van der Waals surface area contributed by atoms with Crippen LogP contribution in [-0.4, -0.2) is 53.3 Å². The number of hydrogen-bond donors (Lipinski definition) is 2. The van der Waals surface area contributed by atoms with Crippen molar-refractivity contribution in [2.45, 2.75) is 32.0 Å². The number of urea groups is 1. The van der Waals surface area contributed by atoms with Gasteiger partial charge in [0.2, 0.25) is 5.91 Å². The Labute approximate surface area is 186 Å². The van der Waals surface area contributed by atoms with Gasteiger partial charge in [0.05, 0.1) is 13.1 Å². The van der Waals surface area contributed by atoms with Crippen molar-refractivity contribution in [1.29, 1.82) is 0 Å². The SMILES string of the molecule is O=C(NC1CCN(Cc2ccc(Cl)cc2)CC1)c1ccccc1CN1C(=O)CNC1=O. The van der Waals surface area contributed by atoms with E-state index in [4.69, 9.17) is 11.6 Å². The summed E-state index contributed by atoms with van der Waals surface area (Å²) < 4.78 is 0. The smallest absolute Gasteiger partial charge is 0.324 e. The van der Waals surface area contributed by atoms with Gasteiger partial charge in [-0.05, 0) is 42.2 Å². The summed E-state index contributed by atoms with van der Waals surface area (Å²) >= 11 is 5.95. The highest BCUT2D eigenvalue weighted by Gasteiger charge is 2.30. The van der Waals surface area contributed by atoms with E-state index in [0.717, 1.165) is 42.4 Å². The average Bonchev–Trinajstić information content (AvgIpc) is 3.09. The third-order valence-electron chi connectivity index (χ3n) is 5.77. The van der Waals surface area contributed by atoms with Crippen LogP contribution in [0.4, 0.5) is 4.79 Å². The lowest BCUT2D eigenvalue weighted by atomic mass is 10.0. The van der Waals surface area contributed by atoms with E-state index in [1.807, 2.05) is 24.3 Å². The summed E-state index contributed by atoms with van der Waals surface area (Å²) in [7, 11) is 0. The van der Waals surface area contributed by atoms with E-state index < -0.39 is 6.03 Å². The first-order chi connectivity index (χ1) is 15.0. The van der Waals surface area contributed by atoms with E-state index in [9.17, 15) is 14.4 Å². The van der Waals surface area contributed by atoms with E-state index in [1.54, 1.807) is 24.3 Å². The molecule has 2 aromatic rings. The van der Waals surface area contributed by atoms with Crippen LogP contribution in [0.3, 0.4) is 0 Å². The van der Waals surface area contributed by atoms with Gasteiger partial charge in [0.15, 0.2) is 0 Å². The average molecular weight is 441 g/mol. The Morgan fingerprint density at radius 2 is 1.74 bits per heavy atom. The maximum atomic E-state index is 12.9. The van der Waals surface area contributed by atoms with Crippen molar-refractivity contribution in [2.24, 2.45) is 0 Å². The fourth-order valence-corrected chi connectivity index (χ4v) is 4.14. The maximum Gasteiger partial charge on any atom is 0.324 e. The van der Waals surface area contributed by atoms with E-state index in [1.165, 1.54) is 5.56 Å².